The Bertz CT molecular complexity index is 2700. The zero-order valence-electron chi connectivity index (χ0n) is 43.2. The molecule has 0 aromatic heterocycles. The molecule has 7 rings (SSSR count). The molecule has 406 valence electrons. The fourth-order valence-corrected chi connectivity index (χ4v) is 7.45. The molecule has 15 heteroatoms. The van der Waals surface area contributed by atoms with Crippen molar-refractivity contribution >= 4 is 12.2 Å². The standard InChI is InChI=1S/C34H32N2O4.C22H24N2O6.C6H5.2CH4.Li/c37-35-25-33(27-11-5-3-6-12-27)29-15-19-31(20-16-29)39-23-9-1-2-10-24-40-32-21-17-30(18-22-32)34(26-36-38)28-13-7-4-8-14-28;25-23(26)15-13-19-5-9-21(10-6-19)29-17-3-1-2-4-18-30-22-11-7-20(8-12-22)14-16-24(27)28;1-2-4-6-5-3-1;;;/h3-8,11-22,33-34H,1-2,9-10,23-24H2;5-16H,1-4,17-18H2;1-5H;2*1H4;/q;;-1;;;+1/b;15-13+,16-14+;;;;. The van der Waals surface area contributed by atoms with E-state index in [1.54, 1.807) is 48.5 Å². The zero-order chi connectivity index (χ0) is 53.7. The van der Waals surface area contributed by atoms with Gasteiger partial charge in [-0.3, -0.25) is 20.2 Å². The molecule has 0 bridgehead atoms. The summed E-state index contributed by atoms with van der Waals surface area (Å²) >= 11 is 0. The third kappa shape index (κ3) is 27.2. The predicted molar refractivity (Wildman–Crippen MR) is 313 cm³/mol. The minimum Gasteiger partial charge on any atom is -0.498 e. The van der Waals surface area contributed by atoms with E-state index in [-0.39, 0.29) is 45.5 Å². The van der Waals surface area contributed by atoms with E-state index in [0.717, 1.165) is 120 Å². The van der Waals surface area contributed by atoms with Crippen LogP contribution in [0.25, 0.3) is 22.2 Å². The van der Waals surface area contributed by atoms with E-state index in [2.05, 4.69) is 28.2 Å². The summed E-state index contributed by atoms with van der Waals surface area (Å²) in [7, 11) is 0. The van der Waals surface area contributed by atoms with Gasteiger partial charge in [0.25, 0.3) is 0 Å². The molecular weight excluding hydrogens is 992 g/mol. The second-order valence-corrected chi connectivity index (χ2v) is 16.9. The SMILES string of the molecule is C.C.O=[N+]([O-])/C=C/c1ccc(OCCCCCCOc2ccc(/C=C/[N+](=O)[O-])cc2)cc1.[Li+].[O-][N+]#CC(c1ccccc1)c1ccc(OCCCCCCOc2ccc(C(C#[N+][O-])c3ccccc3)cc2)cc1.[c-]1ccccc1. The van der Waals surface area contributed by atoms with E-state index in [1.165, 1.54) is 12.2 Å². The summed E-state index contributed by atoms with van der Waals surface area (Å²) in [4.78, 5) is 19.6. The molecule has 0 spiro atoms. The summed E-state index contributed by atoms with van der Waals surface area (Å²) in [5.41, 5.74) is 5.33. The minimum absolute atomic E-state index is 0. The third-order valence-electron chi connectivity index (χ3n) is 11.4. The van der Waals surface area contributed by atoms with Crippen molar-refractivity contribution in [3.63, 3.8) is 0 Å². The van der Waals surface area contributed by atoms with Gasteiger partial charge in [-0.15, -0.1) is 0 Å². The molecule has 79 heavy (non-hydrogen) atoms. The van der Waals surface area contributed by atoms with Crippen LogP contribution in [-0.4, -0.2) is 36.3 Å². The molecule has 0 aliphatic heterocycles. The van der Waals surface area contributed by atoms with Crippen molar-refractivity contribution in [3.05, 3.63) is 281 Å². The number of hydrogen-bond acceptors (Lipinski definition) is 10. The van der Waals surface area contributed by atoms with Crippen LogP contribution in [0.4, 0.5) is 0 Å². The van der Waals surface area contributed by atoms with E-state index < -0.39 is 9.85 Å². The Kier molecular flexibility index (Phi) is 34.0. The molecule has 0 radical (unpaired) electrons. The summed E-state index contributed by atoms with van der Waals surface area (Å²) < 4.78 is 23.1. The molecule has 2 atom stereocenters. The first-order valence-electron chi connectivity index (χ1n) is 25.0. The van der Waals surface area contributed by atoms with E-state index in [0.29, 0.717) is 26.4 Å². The summed E-state index contributed by atoms with van der Waals surface area (Å²) in [6.07, 6.45) is 12.6. The van der Waals surface area contributed by atoms with Crippen molar-refractivity contribution in [1.82, 2.24) is 0 Å². The predicted octanol–water partition coefficient (Wildman–Crippen LogP) is 13.6. The van der Waals surface area contributed by atoms with Crippen LogP contribution in [0.5, 0.6) is 23.0 Å². The van der Waals surface area contributed by atoms with Gasteiger partial charge in [0.05, 0.1) is 36.3 Å². The van der Waals surface area contributed by atoms with Crippen LogP contribution in [0.1, 0.15) is 111 Å². The second kappa shape index (κ2) is 40.5. The summed E-state index contributed by atoms with van der Waals surface area (Å²) in [5.74, 6) is 2.50. The van der Waals surface area contributed by atoms with Crippen molar-refractivity contribution in [3.8, 4) is 35.1 Å². The molecule has 7 aromatic rings. The van der Waals surface area contributed by atoms with Gasteiger partial charge < -0.3 is 29.4 Å². The Balaban J connectivity index is 0.000000485. The fraction of sp³-hybridized carbons (Fsp3) is 0.250. The number of unbranched alkanes of at least 4 members (excludes halogenated alkanes) is 6. The number of ether oxygens (including phenoxy) is 4. The maximum atomic E-state index is 10.9. The quantitative estimate of drug-likeness (QED) is 0.0167. The topological polar surface area (TPSA) is 178 Å². The molecule has 7 aromatic carbocycles. The maximum Gasteiger partial charge on any atom is 1.00 e. The van der Waals surface area contributed by atoms with Crippen molar-refractivity contribution < 1.29 is 47.7 Å². The Morgan fingerprint density at radius 2 is 0.696 bits per heavy atom. The van der Waals surface area contributed by atoms with Crippen LogP contribution in [0.15, 0.2) is 200 Å². The second-order valence-electron chi connectivity index (χ2n) is 16.9. The maximum absolute atomic E-state index is 10.9. The van der Waals surface area contributed by atoms with Crippen LogP contribution < -0.4 is 37.8 Å². The fourth-order valence-electron chi connectivity index (χ4n) is 7.45. The van der Waals surface area contributed by atoms with Gasteiger partial charge in [0.1, 0.15) is 34.8 Å². The van der Waals surface area contributed by atoms with Gasteiger partial charge >= 0.3 is 31.0 Å². The molecule has 2 unspecified atom stereocenters. The Morgan fingerprint density at radius 1 is 0.418 bits per heavy atom. The molecule has 0 fully saturated rings. The van der Waals surface area contributed by atoms with Crippen LogP contribution in [0.3, 0.4) is 0 Å². The minimum atomic E-state index is -0.495. The van der Waals surface area contributed by atoms with E-state index in [9.17, 15) is 30.6 Å². The van der Waals surface area contributed by atoms with Gasteiger partial charge in [-0.05, 0) is 133 Å². The molecule has 0 saturated heterocycles. The van der Waals surface area contributed by atoms with E-state index in [4.69, 9.17) is 18.9 Å². The largest absolute Gasteiger partial charge is 1.00 e. The number of rotatable bonds is 26. The van der Waals surface area contributed by atoms with Crippen LogP contribution >= 0.6 is 0 Å². The van der Waals surface area contributed by atoms with Crippen LogP contribution in [0.2, 0.25) is 0 Å². The number of nitro groups is 2. The van der Waals surface area contributed by atoms with Gasteiger partial charge in [-0.1, -0.05) is 124 Å². The first-order valence-corrected chi connectivity index (χ1v) is 25.0. The van der Waals surface area contributed by atoms with Crippen LogP contribution in [0, 0.1) is 48.8 Å². The Hall–Kier alpha value is -8.80. The molecule has 0 N–H and O–H groups in total. The molecule has 0 aliphatic carbocycles. The number of benzene rings is 7. The van der Waals surface area contributed by atoms with Crippen molar-refractivity contribution in [1.29, 1.82) is 0 Å². The van der Waals surface area contributed by atoms with Crippen LogP contribution in [-0.2, 0) is 0 Å². The summed E-state index contributed by atoms with van der Waals surface area (Å²) in [5, 5.41) is 48.1. The first-order chi connectivity index (χ1) is 37.3. The molecule has 0 amide bonds. The Morgan fingerprint density at radius 3 is 0.949 bits per heavy atom. The molecular formula is C64H69LiN4O10. The molecule has 14 nitrogen and oxygen atoms in total. The number of hydrogen-bond donors (Lipinski definition) is 0. The van der Waals surface area contributed by atoms with E-state index in [1.807, 2.05) is 140 Å². The van der Waals surface area contributed by atoms with Gasteiger partial charge in [0.15, 0.2) is 0 Å². The monoisotopic (exact) mass is 1060 g/mol. The molecule has 0 heterocycles. The van der Waals surface area contributed by atoms with Gasteiger partial charge in [-0.2, -0.15) is 36.4 Å². The average molecular weight is 1060 g/mol. The summed E-state index contributed by atoms with van der Waals surface area (Å²) in [6, 6.07) is 67.0. The Labute approximate surface area is 477 Å². The molecule has 0 saturated carbocycles. The van der Waals surface area contributed by atoms with Crippen molar-refractivity contribution in [2.75, 3.05) is 26.4 Å². The zero-order valence-corrected chi connectivity index (χ0v) is 43.2. The van der Waals surface area contributed by atoms with Crippen molar-refractivity contribution in [2.24, 2.45) is 0 Å². The van der Waals surface area contributed by atoms with Gasteiger partial charge in [-0.25, -0.2) is 0 Å². The van der Waals surface area contributed by atoms with E-state index >= 15 is 0 Å². The number of nitrogens with zero attached hydrogens (tertiary/aromatic N) is 4. The first kappa shape index (κ1) is 66.3. The average Bonchev–Trinajstić information content (AvgIpc) is 3.47. The molecule has 0 aliphatic rings. The van der Waals surface area contributed by atoms with Gasteiger partial charge in [0, 0.05) is 22.2 Å². The smallest absolute Gasteiger partial charge is 0.498 e. The normalized spacial score (nSPS) is 10.7. The summed E-state index contributed by atoms with van der Waals surface area (Å²) in [6.45, 7) is 2.52. The third-order valence-corrected chi connectivity index (χ3v) is 11.4. The van der Waals surface area contributed by atoms with Gasteiger partial charge in [0.2, 0.25) is 12.4 Å². The van der Waals surface area contributed by atoms with Crippen molar-refractivity contribution in [2.45, 2.75) is 78.1 Å².